The van der Waals surface area contributed by atoms with Crippen LogP contribution in [0.25, 0.3) is 11.0 Å². The van der Waals surface area contributed by atoms with Crippen molar-refractivity contribution >= 4 is 60.4 Å². The Labute approximate surface area is 240 Å². The molecule has 1 aliphatic heterocycles. The number of nitrogens with zero attached hydrogens (tertiary/aromatic N) is 1. The van der Waals surface area contributed by atoms with Crippen LogP contribution in [-0.4, -0.2) is 30.7 Å². The van der Waals surface area contributed by atoms with E-state index >= 15 is 0 Å². The first-order chi connectivity index (χ1) is 18.7. The lowest BCUT2D eigenvalue weighted by Crippen LogP contribution is -2.29. The van der Waals surface area contributed by atoms with Gasteiger partial charge in [0.15, 0.2) is 16.9 Å². The summed E-state index contributed by atoms with van der Waals surface area (Å²) in [6, 6.07) is 13.7. The number of carbonyl (C=O) groups is 2. The summed E-state index contributed by atoms with van der Waals surface area (Å²) in [4.78, 5) is 41.5. The second-order valence-corrected chi connectivity index (χ2v) is 10.8. The number of anilines is 1. The molecule has 1 atom stereocenters. The van der Waals surface area contributed by atoms with E-state index in [4.69, 9.17) is 13.9 Å². The van der Waals surface area contributed by atoms with Gasteiger partial charge in [-0.15, -0.1) is 0 Å². The van der Waals surface area contributed by atoms with Crippen LogP contribution in [0.1, 0.15) is 57.8 Å². The maximum atomic E-state index is 13.8. The number of phenolic OH excluding ortho intramolecular Hbond substituents is 1. The van der Waals surface area contributed by atoms with Crippen LogP contribution in [-0.2, 0) is 4.74 Å². The summed E-state index contributed by atoms with van der Waals surface area (Å²) < 4.78 is 17.7. The third-order valence-corrected chi connectivity index (χ3v) is 7.63. The Hall–Kier alpha value is -3.63. The molecule has 0 radical (unpaired) electrons. The van der Waals surface area contributed by atoms with Crippen LogP contribution in [0.4, 0.5) is 5.69 Å². The fraction of sp³-hybridized carbons (Fsp3) is 0.207. The standard InChI is InChI=1S/C29H23Br2NO7/c1-3-4-11-38-29(36)15-5-8-18(9-6-15)32-24(16-12-20(31)26(34)22(13-16)37-2)23-25(33)19-14-17(30)7-10-21(19)39-27(23)28(32)35/h5-10,12-14,24,34H,3-4,11H2,1-2H3. The first-order valence-electron chi connectivity index (χ1n) is 12.2. The predicted molar refractivity (Wildman–Crippen MR) is 153 cm³/mol. The molecule has 0 spiro atoms. The van der Waals surface area contributed by atoms with Gasteiger partial charge in [-0.1, -0.05) is 29.3 Å². The molecule has 5 rings (SSSR count). The number of unbranched alkanes of at least 4 members (excludes halogenated alkanes) is 1. The number of methoxy groups -OCH3 is 1. The number of esters is 1. The lowest BCUT2D eigenvalue weighted by atomic mass is 9.97. The highest BCUT2D eigenvalue weighted by atomic mass is 79.9. The van der Waals surface area contributed by atoms with Crippen molar-refractivity contribution < 1.29 is 28.6 Å². The van der Waals surface area contributed by atoms with Gasteiger partial charge in [-0.3, -0.25) is 14.5 Å². The first-order valence-corrected chi connectivity index (χ1v) is 13.8. The molecule has 1 aliphatic rings. The highest BCUT2D eigenvalue weighted by Gasteiger charge is 2.44. The van der Waals surface area contributed by atoms with Crippen molar-refractivity contribution in [2.45, 2.75) is 25.8 Å². The Kier molecular flexibility index (Phi) is 7.51. The number of rotatable bonds is 7. The van der Waals surface area contributed by atoms with Crippen LogP contribution >= 0.6 is 31.9 Å². The number of hydrogen-bond donors (Lipinski definition) is 1. The molecule has 0 saturated carbocycles. The Morgan fingerprint density at radius 1 is 1.08 bits per heavy atom. The molecule has 2 heterocycles. The average molecular weight is 657 g/mol. The molecule has 0 bridgehead atoms. The summed E-state index contributed by atoms with van der Waals surface area (Å²) >= 11 is 6.74. The monoisotopic (exact) mass is 655 g/mol. The van der Waals surface area contributed by atoms with Crippen molar-refractivity contribution in [3.8, 4) is 11.5 Å². The van der Waals surface area contributed by atoms with Gasteiger partial charge in [0, 0.05) is 10.2 Å². The number of halogens is 2. The number of ether oxygens (including phenoxy) is 2. The molecule has 1 N–H and O–H groups in total. The summed E-state index contributed by atoms with van der Waals surface area (Å²) in [6.07, 6.45) is 1.67. The Bertz CT molecular complexity index is 1660. The van der Waals surface area contributed by atoms with E-state index in [1.807, 2.05) is 6.92 Å². The van der Waals surface area contributed by atoms with Gasteiger partial charge in [0.1, 0.15) is 5.58 Å². The molecule has 8 nitrogen and oxygen atoms in total. The van der Waals surface area contributed by atoms with Gasteiger partial charge >= 0.3 is 5.97 Å². The van der Waals surface area contributed by atoms with Gasteiger partial charge in [0.05, 0.1) is 40.7 Å². The third-order valence-electron chi connectivity index (χ3n) is 6.53. The van der Waals surface area contributed by atoms with E-state index in [0.29, 0.717) is 37.8 Å². The Balaban J connectivity index is 1.67. The van der Waals surface area contributed by atoms with Gasteiger partial charge in [0.25, 0.3) is 5.91 Å². The molecule has 1 unspecified atom stereocenters. The van der Waals surface area contributed by atoms with Crippen molar-refractivity contribution in [2.75, 3.05) is 18.6 Å². The van der Waals surface area contributed by atoms with Gasteiger partial charge in [-0.25, -0.2) is 4.79 Å². The SMILES string of the molecule is CCCCOC(=O)c1ccc(N2C(=O)c3oc4ccc(Br)cc4c(=O)c3C2c2cc(Br)c(O)c(OC)c2)cc1. The molecular weight excluding hydrogens is 634 g/mol. The lowest BCUT2D eigenvalue weighted by molar-refractivity contribution is 0.0499. The van der Waals surface area contributed by atoms with E-state index in [2.05, 4.69) is 31.9 Å². The molecule has 39 heavy (non-hydrogen) atoms. The normalized spacial score (nSPS) is 14.5. The second kappa shape index (κ2) is 10.9. The van der Waals surface area contributed by atoms with Gasteiger partial charge in [-0.05, 0) is 82.5 Å². The van der Waals surface area contributed by atoms with E-state index in [0.717, 1.165) is 12.8 Å². The maximum absolute atomic E-state index is 13.8. The van der Waals surface area contributed by atoms with E-state index in [1.54, 1.807) is 54.6 Å². The minimum atomic E-state index is -0.903. The number of hydrogen-bond acceptors (Lipinski definition) is 7. The predicted octanol–water partition coefficient (Wildman–Crippen LogP) is 6.74. The summed E-state index contributed by atoms with van der Waals surface area (Å²) in [5.74, 6) is -0.996. The van der Waals surface area contributed by atoms with Crippen molar-refractivity contribution in [2.24, 2.45) is 0 Å². The zero-order chi connectivity index (χ0) is 27.8. The summed E-state index contributed by atoms with van der Waals surface area (Å²) in [6.45, 7) is 2.34. The molecule has 0 fully saturated rings. The highest BCUT2D eigenvalue weighted by molar-refractivity contribution is 9.10. The number of phenols is 1. The van der Waals surface area contributed by atoms with Gasteiger partial charge in [-0.2, -0.15) is 0 Å². The Morgan fingerprint density at radius 3 is 2.51 bits per heavy atom. The van der Waals surface area contributed by atoms with Crippen LogP contribution in [0.2, 0.25) is 0 Å². The van der Waals surface area contributed by atoms with Crippen LogP contribution in [0, 0.1) is 0 Å². The van der Waals surface area contributed by atoms with Crippen molar-refractivity contribution in [1.82, 2.24) is 0 Å². The molecule has 3 aromatic carbocycles. The van der Waals surface area contributed by atoms with Crippen LogP contribution in [0.3, 0.4) is 0 Å². The molecular formula is C29H23Br2NO7. The molecule has 1 amide bonds. The summed E-state index contributed by atoms with van der Waals surface area (Å²) in [5.41, 5.74) is 1.38. The molecule has 0 aliphatic carbocycles. The average Bonchev–Trinajstić information content (AvgIpc) is 3.23. The van der Waals surface area contributed by atoms with Gasteiger partial charge in [0.2, 0.25) is 5.76 Å². The van der Waals surface area contributed by atoms with Crippen molar-refractivity contribution in [3.05, 3.63) is 96.2 Å². The van der Waals surface area contributed by atoms with Crippen molar-refractivity contribution in [3.63, 3.8) is 0 Å². The van der Waals surface area contributed by atoms with E-state index in [-0.39, 0.29) is 33.8 Å². The first kappa shape index (κ1) is 27.0. The third kappa shape index (κ3) is 4.83. The zero-order valence-corrected chi connectivity index (χ0v) is 24.2. The van der Waals surface area contributed by atoms with E-state index in [9.17, 15) is 19.5 Å². The van der Waals surface area contributed by atoms with E-state index < -0.39 is 17.9 Å². The van der Waals surface area contributed by atoms with Crippen LogP contribution in [0.5, 0.6) is 11.5 Å². The molecule has 1 aromatic heterocycles. The van der Waals surface area contributed by atoms with Gasteiger partial charge < -0.3 is 19.0 Å². The summed E-state index contributed by atoms with van der Waals surface area (Å²) in [5, 5.41) is 10.7. The van der Waals surface area contributed by atoms with Crippen LogP contribution < -0.4 is 15.1 Å². The lowest BCUT2D eigenvalue weighted by Gasteiger charge is -2.26. The number of aromatic hydroxyl groups is 1. The zero-order valence-electron chi connectivity index (χ0n) is 21.0. The largest absolute Gasteiger partial charge is 0.503 e. The maximum Gasteiger partial charge on any atom is 0.338 e. The molecule has 4 aromatic rings. The smallest absolute Gasteiger partial charge is 0.338 e. The number of carbonyl (C=O) groups excluding carboxylic acids is 2. The van der Waals surface area contributed by atoms with Crippen LogP contribution in [0.15, 0.2) is 72.8 Å². The fourth-order valence-corrected chi connectivity index (χ4v) is 5.41. The van der Waals surface area contributed by atoms with E-state index in [1.165, 1.54) is 12.0 Å². The van der Waals surface area contributed by atoms with Crippen molar-refractivity contribution in [1.29, 1.82) is 0 Å². The minimum absolute atomic E-state index is 0.0777. The topological polar surface area (TPSA) is 106 Å². The number of benzene rings is 3. The Morgan fingerprint density at radius 2 is 1.82 bits per heavy atom. The number of amides is 1. The highest BCUT2D eigenvalue weighted by Crippen LogP contribution is 2.45. The fourth-order valence-electron chi connectivity index (χ4n) is 4.58. The minimum Gasteiger partial charge on any atom is -0.503 e. The molecule has 200 valence electrons. The molecule has 10 heteroatoms. The quantitative estimate of drug-likeness (QED) is 0.173. The number of fused-ring (bicyclic) bond motifs is 2. The second-order valence-electron chi connectivity index (χ2n) is 8.98. The summed E-state index contributed by atoms with van der Waals surface area (Å²) in [7, 11) is 1.41. The molecule has 0 saturated heterocycles.